The van der Waals surface area contributed by atoms with Crippen LogP contribution in [0.4, 0.5) is 0 Å². The van der Waals surface area contributed by atoms with Crippen LogP contribution in [-0.4, -0.2) is 11.0 Å². The lowest BCUT2D eigenvalue weighted by Crippen LogP contribution is -2.34. The van der Waals surface area contributed by atoms with E-state index < -0.39 is 0 Å². The van der Waals surface area contributed by atoms with Gasteiger partial charge in [0.2, 0.25) is 0 Å². The van der Waals surface area contributed by atoms with Crippen molar-refractivity contribution in [2.24, 2.45) is 0 Å². The van der Waals surface area contributed by atoms with Crippen LogP contribution in [0.15, 0.2) is 36.5 Å². The Kier molecular flexibility index (Phi) is 4.71. The van der Waals surface area contributed by atoms with Crippen LogP contribution in [-0.2, 0) is 0 Å². The molecule has 1 atom stereocenters. The molecule has 0 radical (unpaired) electrons. The molecule has 1 unspecified atom stereocenters. The van der Waals surface area contributed by atoms with Crippen LogP contribution < -0.4 is 5.32 Å². The fourth-order valence-electron chi connectivity index (χ4n) is 3.32. The Bertz CT molecular complexity index is 556. The number of hydrogen-bond donors (Lipinski definition) is 1. The first-order valence-corrected chi connectivity index (χ1v) is 8.77. The number of rotatable bonds is 4. The van der Waals surface area contributed by atoms with Gasteiger partial charge < -0.3 is 5.32 Å². The van der Waals surface area contributed by atoms with Crippen molar-refractivity contribution in [2.75, 3.05) is 0 Å². The van der Waals surface area contributed by atoms with Crippen molar-refractivity contribution >= 4 is 11.3 Å². The zero-order valence-electron chi connectivity index (χ0n) is 12.9. The maximum absolute atomic E-state index is 4.50. The fraction of sp³-hybridized carbons (Fsp3) is 0.500. The predicted molar refractivity (Wildman–Crippen MR) is 89.8 cm³/mol. The quantitative estimate of drug-likeness (QED) is 0.875. The zero-order valence-corrected chi connectivity index (χ0v) is 13.7. The van der Waals surface area contributed by atoms with E-state index in [1.165, 1.54) is 41.1 Å². The largest absolute Gasteiger partial charge is 0.305 e. The Morgan fingerprint density at radius 1 is 1.14 bits per heavy atom. The molecule has 0 saturated heterocycles. The molecule has 21 heavy (non-hydrogen) atoms. The lowest BCUT2D eigenvalue weighted by Gasteiger charge is -2.31. The average molecular weight is 300 g/mol. The summed E-state index contributed by atoms with van der Waals surface area (Å²) in [6.45, 7) is 4.36. The third-order valence-corrected chi connectivity index (χ3v) is 5.59. The van der Waals surface area contributed by atoms with E-state index in [1.54, 1.807) is 0 Å². The second-order valence-corrected chi connectivity index (χ2v) is 7.42. The van der Waals surface area contributed by atoms with Gasteiger partial charge in [-0.15, -0.1) is 11.3 Å². The maximum Gasteiger partial charge on any atom is 0.109 e. The molecule has 1 N–H and O–H groups in total. The molecule has 0 bridgehead atoms. The monoisotopic (exact) mass is 300 g/mol. The summed E-state index contributed by atoms with van der Waals surface area (Å²) >= 11 is 1.81. The third kappa shape index (κ3) is 3.72. The molecule has 3 rings (SSSR count). The Labute approximate surface area is 131 Å². The highest BCUT2D eigenvalue weighted by Crippen LogP contribution is 2.33. The molecule has 3 heteroatoms. The molecule has 1 aliphatic rings. The van der Waals surface area contributed by atoms with Crippen molar-refractivity contribution in [3.05, 3.63) is 52.0 Å². The molecule has 0 aliphatic heterocycles. The van der Waals surface area contributed by atoms with Crippen molar-refractivity contribution in [2.45, 2.75) is 57.5 Å². The lowest BCUT2D eigenvalue weighted by atomic mass is 9.81. The summed E-state index contributed by atoms with van der Waals surface area (Å²) in [7, 11) is 0. The highest BCUT2D eigenvalue weighted by Gasteiger charge is 2.23. The third-order valence-electron chi connectivity index (χ3n) is 4.49. The number of nitrogens with zero attached hydrogens (tertiary/aromatic N) is 1. The number of aromatic nitrogens is 1. The first kappa shape index (κ1) is 14.7. The van der Waals surface area contributed by atoms with E-state index in [-0.39, 0.29) is 0 Å². The molecule has 112 valence electrons. The Morgan fingerprint density at radius 3 is 2.48 bits per heavy atom. The molecule has 1 heterocycles. The minimum absolute atomic E-state index is 0.377. The van der Waals surface area contributed by atoms with Crippen LogP contribution in [0.1, 0.15) is 60.0 Å². The molecule has 1 aromatic carbocycles. The van der Waals surface area contributed by atoms with Gasteiger partial charge in [-0.25, -0.2) is 4.98 Å². The maximum atomic E-state index is 4.50. The van der Waals surface area contributed by atoms with Gasteiger partial charge in [-0.3, -0.25) is 0 Å². The molecular formula is C18H24N2S. The Hall–Kier alpha value is -1.19. The van der Waals surface area contributed by atoms with Crippen LogP contribution in [0.3, 0.4) is 0 Å². The van der Waals surface area contributed by atoms with Gasteiger partial charge in [-0.05, 0) is 51.0 Å². The SMILES string of the molecule is Cc1cnc(C(C)NC2CCC(c3ccccc3)CC2)s1. The first-order valence-electron chi connectivity index (χ1n) is 7.95. The van der Waals surface area contributed by atoms with Gasteiger partial charge in [0.25, 0.3) is 0 Å². The first-order chi connectivity index (χ1) is 10.2. The minimum Gasteiger partial charge on any atom is -0.305 e. The van der Waals surface area contributed by atoms with Gasteiger partial charge in [-0.1, -0.05) is 30.3 Å². The molecule has 1 aliphatic carbocycles. The smallest absolute Gasteiger partial charge is 0.109 e. The van der Waals surface area contributed by atoms with Crippen molar-refractivity contribution < 1.29 is 0 Å². The van der Waals surface area contributed by atoms with E-state index >= 15 is 0 Å². The lowest BCUT2D eigenvalue weighted by molar-refractivity contribution is 0.321. The average Bonchev–Trinajstić information content (AvgIpc) is 2.96. The molecule has 0 amide bonds. The molecule has 1 fully saturated rings. The van der Waals surface area contributed by atoms with E-state index in [4.69, 9.17) is 0 Å². The topological polar surface area (TPSA) is 24.9 Å². The molecule has 2 nitrogen and oxygen atoms in total. The van der Waals surface area contributed by atoms with E-state index in [1.807, 2.05) is 17.5 Å². The van der Waals surface area contributed by atoms with Gasteiger partial charge in [0.05, 0.1) is 6.04 Å². The zero-order chi connectivity index (χ0) is 14.7. The number of nitrogens with one attached hydrogen (secondary N) is 1. The second kappa shape index (κ2) is 6.71. The summed E-state index contributed by atoms with van der Waals surface area (Å²) in [6.07, 6.45) is 7.11. The van der Waals surface area contributed by atoms with Crippen molar-refractivity contribution in [3.63, 3.8) is 0 Å². The van der Waals surface area contributed by atoms with Gasteiger partial charge >= 0.3 is 0 Å². The molecular weight excluding hydrogens is 276 g/mol. The normalized spacial score (nSPS) is 23.9. The van der Waals surface area contributed by atoms with Crippen LogP contribution in [0.2, 0.25) is 0 Å². The van der Waals surface area contributed by atoms with Gasteiger partial charge in [0, 0.05) is 17.1 Å². The second-order valence-electron chi connectivity index (χ2n) is 6.16. The van der Waals surface area contributed by atoms with Crippen LogP contribution in [0, 0.1) is 6.92 Å². The molecule has 1 aromatic heterocycles. The molecule has 1 saturated carbocycles. The molecule has 0 spiro atoms. The number of hydrogen-bond acceptors (Lipinski definition) is 3. The summed E-state index contributed by atoms with van der Waals surface area (Å²) < 4.78 is 0. The van der Waals surface area contributed by atoms with E-state index in [2.05, 4.69) is 54.5 Å². The predicted octanol–water partition coefficient (Wildman–Crippen LogP) is 4.83. The summed E-state index contributed by atoms with van der Waals surface area (Å²) in [6, 6.07) is 12.0. The molecule has 2 aromatic rings. The van der Waals surface area contributed by atoms with E-state index in [0.717, 1.165) is 5.92 Å². The summed E-state index contributed by atoms with van der Waals surface area (Å²) in [5.41, 5.74) is 1.51. The van der Waals surface area contributed by atoms with Gasteiger partial charge in [-0.2, -0.15) is 0 Å². The van der Waals surface area contributed by atoms with Crippen LogP contribution in [0.25, 0.3) is 0 Å². The highest BCUT2D eigenvalue weighted by molar-refractivity contribution is 7.11. The highest BCUT2D eigenvalue weighted by atomic mass is 32.1. The van der Waals surface area contributed by atoms with Crippen molar-refractivity contribution in [1.82, 2.24) is 10.3 Å². The van der Waals surface area contributed by atoms with Crippen LogP contribution in [0.5, 0.6) is 0 Å². The number of aryl methyl sites for hydroxylation is 1. The summed E-state index contributed by atoms with van der Waals surface area (Å²) in [5.74, 6) is 0.752. The van der Waals surface area contributed by atoms with Crippen molar-refractivity contribution in [3.8, 4) is 0 Å². The number of benzene rings is 1. The number of thiazole rings is 1. The van der Waals surface area contributed by atoms with E-state index in [9.17, 15) is 0 Å². The van der Waals surface area contributed by atoms with Gasteiger partial charge in [0.1, 0.15) is 5.01 Å². The standard InChI is InChI=1S/C18H24N2S/c1-13-12-19-18(21-13)14(2)20-17-10-8-16(9-11-17)15-6-4-3-5-7-15/h3-7,12,14,16-17,20H,8-11H2,1-2H3. The van der Waals surface area contributed by atoms with Crippen molar-refractivity contribution in [1.29, 1.82) is 0 Å². The van der Waals surface area contributed by atoms with Crippen LogP contribution >= 0.6 is 11.3 Å². The van der Waals surface area contributed by atoms with Gasteiger partial charge in [0.15, 0.2) is 0 Å². The minimum atomic E-state index is 0.377. The summed E-state index contributed by atoms with van der Waals surface area (Å²) in [5, 5.41) is 4.99. The summed E-state index contributed by atoms with van der Waals surface area (Å²) in [4.78, 5) is 5.80. The Balaban J connectivity index is 1.52. The Morgan fingerprint density at radius 2 is 1.86 bits per heavy atom. The van der Waals surface area contributed by atoms with E-state index in [0.29, 0.717) is 12.1 Å². The fourth-order valence-corrected chi connectivity index (χ4v) is 4.10.